The quantitative estimate of drug-likeness (QED) is 0.706. The molecule has 1 aliphatic carbocycles. The van der Waals surface area contributed by atoms with Crippen LogP contribution in [0.5, 0.6) is 0 Å². The van der Waals surface area contributed by atoms with Gasteiger partial charge in [-0.05, 0) is 26.7 Å². The summed E-state index contributed by atoms with van der Waals surface area (Å²) in [4.78, 5) is 0. The Bertz CT molecular complexity index is 194. The molecule has 1 rings (SSSR count). The largest absolute Gasteiger partial charge is 0.396 e. The number of aliphatic hydroxyl groups excluding tert-OH is 1. The Balaban J connectivity index is 2.34. The second-order valence-electron chi connectivity index (χ2n) is 5.13. The van der Waals surface area contributed by atoms with Gasteiger partial charge < -0.3 is 15.2 Å². The van der Waals surface area contributed by atoms with Gasteiger partial charge in [-0.25, -0.2) is 0 Å². The molecule has 0 spiro atoms. The molecular weight excluding hydrogens is 190 g/mol. The smallest absolute Gasteiger partial charge is 0.0655 e. The maximum Gasteiger partial charge on any atom is 0.0655 e. The van der Waals surface area contributed by atoms with Crippen LogP contribution in [-0.2, 0) is 4.74 Å². The molecule has 15 heavy (non-hydrogen) atoms. The Morgan fingerprint density at radius 1 is 1.53 bits per heavy atom. The fraction of sp³-hybridized carbons (Fsp3) is 1.00. The molecule has 1 aliphatic rings. The molecule has 2 N–H and O–H groups in total. The van der Waals surface area contributed by atoms with Crippen molar-refractivity contribution < 1.29 is 9.84 Å². The van der Waals surface area contributed by atoms with Crippen molar-refractivity contribution in [2.75, 3.05) is 13.2 Å². The molecule has 0 aromatic carbocycles. The second-order valence-corrected chi connectivity index (χ2v) is 5.13. The van der Waals surface area contributed by atoms with E-state index in [-0.39, 0.29) is 12.0 Å². The lowest BCUT2D eigenvalue weighted by Crippen LogP contribution is -2.62. The number of ether oxygens (including phenoxy) is 1. The molecule has 3 nitrogen and oxygen atoms in total. The van der Waals surface area contributed by atoms with E-state index in [1.165, 1.54) is 0 Å². The minimum absolute atomic E-state index is 0.222. The molecule has 0 aromatic heterocycles. The van der Waals surface area contributed by atoms with Crippen molar-refractivity contribution in [2.24, 2.45) is 5.41 Å². The van der Waals surface area contributed by atoms with Crippen LogP contribution >= 0.6 is 0 Å². The first kappa shape index (κ1) is 12.9. The van der Waals surface area contributed by atoms with Gasteiger partial charge >= 0.3 is 0 Å². The van der Waals surface area contributed by atoms with Crippen LogP contribution in [-0.4, -0.2) is 36.5 Å². The highest BCUT2D eigenvalue weighted by atomic mass is 16.5. The van der Waals surface area contributed by atoms with Crippen molar-refractivity contribution in [3.8, 4) is 0 Å². The van der Waals surface area contributed by atoms with Crippen LogP contribution in [0.1, 0.15) is 40.5 Å². The molecule has 3 heteroatoms. The summed E-state index contributed by atoms with van der Waals surface area (Å²) in [6.07, 6.45) is 2.31. The van der Waals surface area contributed by atoms with Crippen LogP contribution in [0.3, 0.4) is 0 Å². The predicted octanol–water partition coefficient (Wildman–Crippen LogP) is 1.55. The van der Waals surface area contributed by atoms with E-state index in [0.29, 0.717) is 18.2 Å². The van der Waals surface area contributed by atoms with Gasteiger partial charge in [0, 0.05) is 30.7 Å². The Labute approximate surface area is 93.2 Å². The zero-order valence-electron chi connectivity index (χ0n) is 10.4. The minimum Gasteiger partial charge on any atom is -0.396 e. The molecular formula is C12H25NO2. The summed E-state index contributed by atoms with van der Waals surface area (Å²) in [5.74, 6) is 0. The van der Waals surface area contributed by atoms with Gasteiger partial charge in [0.15, 0.2) is 0 Å². The van der Waals surface area contributed by atoms with E-state index in [2.05, 4.69) is 26.1 Å². The van der Waals surface area contributed by atoms with Crippen molar-refractivity contribution in [2.45, 2.75) is 58.7 Å². The molecule has 0 bridgehead atoms. The standard InChI is InChI=1S/C12H25NO2/c1-5-15-11-8-10(12(11,3)4)13-9(2)6-7-14/h9-11,13-14H,5-8H2,1-4H3. The van der Waals surface area contributed by atoms with E-state index in [9.17, 15) is 0 Å². The van der Waals surface area contributed by atoms with E-state index >= 15 is 0 Å². The third-order valence-corrected chi connectivity index (χ3v) is 3.59. The number of aliphatic hydroxyl groups is 1. The molecule has 0 radical (unpaired) electrons. The van der Waals surface area contributed by atoms with Gasteiger partial charge in [-0.3, -0.25) is 0 Å². The van der Waals surface area contributed by atoms with Crippen LogP contribution in [0.4, 0.5) is 0 Å². The van der Waals surface area contributed by atoms with Gasteiger partial charge in [-0.15, -0.1) is 0 Å². The Morgan fingerprint density at radius 2 is 2.20 bits per heavy atom. The number of nitrogens with one attached hydrogen (secondary N) is 1. The minimum atomic E-state index is 0.222. The van der Waals surface area contributed by atoms with Crippen LogP contribution in [0.25, 0.3) is 0 Å². The maximum atomic E-state index is 8.84. The van der Waals surface area contributed by atoms with Crippen molar-refractivity contribution in [1.29, 1.82) is 0 Å². The molecule has 0 saturated heterocycles. The summed E-state index contributed by atoms with van der Waals surface area (Å²) in [6, 6.07) is 0.914. The highest BCUT2D eigenvalue weighted by molar-refractivity contribution is 5.03. The molecule has 1 saturated carbocycles. The van der Waals surface area contributed by atoms with E-state index < -0.39 is 0 Å². The van der Waals surface area contributed by atoms with Gasteiger partial charge in [-0.2, -0.15) is 0 Å². The first-order chi connectivity index (χ1) is 7.02. The van der Waals surface area contributed by atoms with Crippen molar-refractivity contribution in [3.63, 3.8) is 0 Å². The summed E-state index contributed by atoms with van der Waals surface area (Å²) in [5.41, 5.74) is 0.222. The van der Waals surface area contributed by atoms with E-state index in [0.717, 1.165) is 19.4 Å². The Morgan fingerprint density at radius 3 is 2.67 bits per heavy atom. The molecule has 1 fully saturated rings. The van der Waals surface area contributed by atoms with Crippen LogP contribution < -0.4 is 5.32 Å². The average molecular weight is 215 g/mol. The van der Waals surface area contributed by atoms with Crippen LogP contribution in [0.15, 0.2) is 0 Å². The molecule has 3 atom stereocenters. The lowest BCUT2D eigenvalue weighted by molar-refractivity contribution is -0.116. The molecule has 0 aromatic rings. The number of hydrogen-bond donors (Lipinski definition) is 2. The SMILES string of the molecule is CCOC1CC(NC(C)CCO)C1(C)C. The molecule has 3 unspecified atom stereocenters. The Kier molecular flexibility index (Phi) is 4.56. The van der Waals surface area contributed by atoms with Gasteiger partial charge in [0.2, 0.25) is 0 Å². The van der Waals surface area contributed by atoms with Crippen LogP contribution in [0, 0.1) is 5.41 Å². The zero-order chi connectivity index (χ0) is 11.5. The van der Waals surface area contributed by atoms with Gasteiger partial charge in [-0.1, -0.05) is 13.8 Å². The van der Waals surface area contributed by atoms with Crippen molar-refractivity contribution in [1.82, 2.24) is 5.32 Å². The third kappa shape index (κ3) is 2.92. The lowest BCUT2D eigenvalue weighted by atomic mass is 9.64. The van der Waals surface area contributed by atoms with Crippen molar-refractivity contribution >= 4 is 0 Å². The molecule has 0 heterocycles. The number of hydrogen-bond acceptors (Lipinski definition) is 3. The summed E-state index contributed by atoms with van der Waals surface area (Å²) < 4.78 is 5.68. The summed E-state index contributed by atoms with van der Waals surface area (Å²) in [7, 11) is 0. The highest BCUT2D eigenvalue weighted by Gasteiger charge is 2.48. The fourth-order valence-electron chi connectivity index (χ4n) is 2.27. The zero-order valence-corrected chi connectivity index (χ0v) is 10.4. The van der Waals surface area contributed by atoms with Crippen molar-refractivity contribution in [3.05, 3.63) is 0 Å². The molecule has 0 aliphatic heterocycles. The van der Waals surface area contributed by atoms with Crippen LogP contribution in [0.2, 0.25) is 0 Å². The maximum absolute atomic E-state index is 8.84. The summed E-state index contributed by atoms with van der Waals surface area (Å²) in [6.45, 7) is 9.73. The fourth-order valence-corrected chi connectivity index (χ4v) is 2.27. The first-order valence-electron chi connectivity index (χ1n) is 6.00. The second kappa shape index (κ2) is 5.28. The third-order valence-electron chi connectivity index (χ3n) is 3.59. The van der Waals surface area contributed by atoms with Gasteiger partial charge in [0.1, 0.15) is 0 Å². The monoisotopic (exact) mass is 215 g/mol. The van der Waals surface area contributed by atoms with Gasteiger partial charge in [0.25, 0.3) is 0 Å². The number of rotatable bonds is 6. The Hall–Kier alpha value is -0.120. The van der Waals surface area contributed by atoms with E-state index in [1.807, 2.05) is 6.92 Å². The van der Waals surface area contributed by atoms with E-state index in [1.54, 1.807) is 0 Å². The first-order valence-corrected chi connectivity index (χ1v) is 6.00. The average Bonchev–Trinajstić information content (AvgIpc) is 2.17. The summed E-state index contributed by atoms with van der Waals surface area (Å²) in [5, 5.41) is 12.4. The topological polar surface area (TPSA) is 41.5 Å². The lowest BCUT2D eigenvalue weighted by Gasteiger charge is -2.52. The normalized spacial score (nSPS) is 31.0. The summed E-state index contributed by atoms with van der Waals surface area (Å²) >= 11 is 0. The highest BCUT2D eigenvalue weighted by Crippen LogP contribution is 2.42. The van der Waals surface area contributed by atoms with E-state index in [4.69, 9.17) is 9.84 Å². The predicted molar refractivity (Wildman–Crippen MR) is 61.9 cm³/mol. The van der Waals surface area contributed by atoms with Gasteiger partial charge in [0.05, 0.1) is 6.10 Å². The molecule has 0 amide bonds. The molecule has 90 valence electrons.